The molecule has 76 valence electrons. The van der Waals surface area contributed by atoms with Crippen LogP contribution in [0.5, 0.6) is 0 Å². The van der Waals surface area contributed by atoms with Gasteiger partial charge in [0, 0.05) is 6.21 Å². The Bertz CT molecular complexity index is 208. The van der Waals surface area contributed by atoms with E-state index in [0.29, 0.717) is 0 Å². The summed E-state index contributed by atoms with van der Waals surface area (Å²) in [5.74, 6) is 0. The Labute approximate surface area is 83.0 Å². The van der Waals surface area contributed by atoms with Crippen molar-refractivity contribution in [1.29, 1.82) is 0 Å². The van der Waals surface area contributed by atoms with E-state index >= 15 is 0 Å². The molecule has 0 aliphatic rings. The number of hydrogen-bond acceptors (Lipinski definition) is 1. The van der Waals surface area contributed by atoms with Crippen molar-refractivity contribution >= 4 is 6.21 Å². The molecule has 0 fully saturated rings. The van der Waals surface area contributed by atoms with E-state index in [1.165, 1.54) is 5.57 Å². The lowest BCUT2D eigenvalue weighted by molar-refractivity contribution is 0.504. The molecule has 0 amide bonds. The first kappa shape index (κ1) is 12.4. The van der Waals surface area contributed by atoms with Gasteiger partial charge in [0.15, 0.2) is 0 Å². The van der Waals surface area contributed by atoms with Crippen molar-refractivity contribution in [3.63, 3.8) is 0 Å². The van der Waals surface area contributed by atoms with Crippen LogP contribution in [0.3, 0.4) is 0 Å². The molecule has 1 nitrogen and oxygen atoms in total. The molecule has 0 bridgehead atoms. The highest BCUT2D eigenvalue weighted by molar-refractivity contribution is 5.72. The summed E-state index contributed by atoms with van der Waals surface area (Å²) in [4.78, 5) is 4.41. The maximum atomic E-state index is 4.41. The molecule has 13 heavy (non-hydrogen) atoms. The van der Waals surface area contributed by atoms with Crippen LogP contribution in [0.4, 0.5) is 0 Å². The molecule has 1 heteroatoms. The van der Waals surface area contributed by atoms with Gasteiger partial charge < -0.3 is 0 Å². The summed E-state index contributed by atoms with van der Waals surface area (Å²) in [5, 5.41) is 0. The molecule has 0 aliphatic carbocycles. The van der Waals surface area contributed by atoms with Crippen molar-refractivity contribution in [2.24, 2.45) is 10.4 Å². The van der Waals surface area contributed by atoms with Gasteiger partial charge in [0.25, 0.3) is 0 Å². The molecule has 0 rings (SSSR count). The molecule has 0 spiro atoms. The van der Waals surface area contributed by atoms with Gasteiger partial charge in [-0.1, -0.05) is 26.3 Å². The highest BCUT2D eigenvalue weighted by Crippen LogP contribution is 2.23. The summed E-state index contributed by atoms with van der Waals surface area (Å²) < 4.78 is 0. The molecule has 0 unspecified atom stereocenters. The zero-order valence-electron chi connectivity index (χ0n) is 10.1. The molecule has 0 aromatic rings. The van der Waals surface area contributed by atoms with Crippen molar-refractivity contribution < 1.29 is 0 Å². The minimum absolute atomic E-state index is 0.0364. The molecule has 0 saturated heterocycles. The lowest BCUT2D eigenvalue weighted by Crippen LogP contribution is -2.10. The van der Waals surface area contributed by atoms with Gasteiger partial charge in [-0.15, -0.1) is 0 Å². The fourth-order valence-corrected chi connectivity index (χ4v) is 0.623. The Hall–Kier alpha value is -0.590. The second-order valence-corrected chi connectivity index (χ2v) is 5.55. The third-order valence-corrected chi connectivity index (χ3v) is 1.97. The first-order valence-corrected chi connectivity index (χ1v) is 4.85. The molecule has 0 N–H and O–H groups in total. The van der Waals surface area contributed by atoms with E-state index in [2.05, 4.69) is 59.5 Å². The number of rotatable bonds is 1. The van der Waals surface area contributed by atoms with Gasteiger partial charge >= 0.3 is 0 Å². The van der Waals surface area contributed by atoms with Gasteiger partial charge in [-0.05, 0) is 39.2 Å². The Kier molecular flexibility index (Phi) is 3.89. The largest absolute Gasteiger partial charge is 0.287 e. The van der Waals surface area contributed by atoms with Crippen molar-refractivity contribution in [2.45, 2.75) is 54.0 Å². The normalized spacial score (nSPS) is 15.5. The first-order chi connectivity index (χ1) is 5.63. The zero-order valence-corrected chi connectivity index (χ0v) is 10.1. The fourth-order valence-electron chi connectivity index (χ4n) is 0.623. The summed E-state index contributed by atoms with van der Waals surface area (Å²) in [6.07, 6.45) is 4.02. The highest BCUT2D eigenvalue weighted by atomic mass is 14.8. The van der Waals surface area contributed by atoms with Gasteiger partial charge in [0.05, 0.1) is 5.54 Å². The van der Waals surface area contributed by atoms with E-state index in [1.807, 2.05) is 6.21 Å². The monoisotopic (exact) mass is 181 g/mol. The summed E-state index contributed by atoms with van der Waals surface area (Å²) in [5.41, 5.74) is 1.65. The minimum atomic E-state index is 0.0364. The first-order valence-electron chi connectivity index (χ1n) is 4.85. The van der Waals surface area contributed by atoms with E-state index in [9.17, 15) is 0 Å². The Morgan fingerprint density at radius 3 is 1.77 bits per heavy atom. The van der Waals surface area contributed by atoms with Crippen LogP contribution in [0.2, 0.25) is 0 Å². The molecular weight excluding hydrogens is 158 g/mol. The highest BCUT2D eigenvalue weighted by Gasteiger charge is 2.11. The summed E-state index contributed by atoms with van der Waals surface area (Å²) >= 11 is 0. The van der Waals surface area contributed by atoms with Crippen molar-refractivity contribution in [2.75, 3.05) is 0 Å². The van der Waals surface area contributed by atoms with Crippen LogP contribution in [-0.2, 0) is 0 Å². The van der Waals surface area contributed by atoms with E-state index in [4.69, 9.17) is 0 Å². The van der Waals surface area contributed by atoms with E-state index in [-0.39, 0.29) is 11.0 Å². The Morgan fingerprint density at radius 1 is 1.00 bits per heavy atom. The number of aliphatic imine (C=N–C) groups is 1. The average molecular weight is 181 g/mol. The SMILES string of the molecule is C/C(=C/C=NC(C)(C)C)C(C)(C)C. The van der Waals surface area contributed by atoms with Crippen molar-refractivity contribution in [3.05, 3.63) is 11.6 Å². The molecule has 0 heterocycles. The van der Waals surface area contributed by atoms with Crippen LogP contribution in [0.25, 0.3) is 0 Å². The zero-order chi connectivity index (χ0) is 10.7. The molecule has 0 atom stereocenters. The maximum absolute atomic E-state index is 4.41. The summed E-state index contributed by atoms with van der Waals surface area (Å²) in [7, 11) is 0. The summed E-state index contributed by atoms with van der Waals surface area (Å²) in [6, 6.07) is 0. The second kappa shape index (κ2) is 4.08. The fraction of sp³-hybridized carbons (Fsp3) is 0.750. The van der Waals surface area contributed by atoms with Gasteiger partial charge in [-0.25, -0.2) is 0 Å². The number of nitrogens with zero attached hydrogens (tertiary/aromatic N) is 1. The van der Waals surface area contributed by atoms with Crippen LogP contribution in [-0.4, -0.2) is 11.8 Å². The number of allylic oxidation sites excluding steroid dienone is 2. The topological polar surface area (TPSA) is 12.4 Å². The molecule has 0 aliphatic heterocycles. The van der Waals surface area contributed by atoms with Crippen LogP contribution in [0, 0.1) is 5.41 Å². The average Bonchev–Trinajstić information content (AvgIpc) is 1.82. The molecule has 0 aromatic carbocycles. The summed E-state index contributed by atoms with van der Waals surface area (Å²) in [6.45, 7) is 15.1. The van der Waals surface area contributed by atoms with Crippen LogP contribution >= 0.6 is 0 Å². The van der Waals surface area contributed by atoms with Gasteiger partial charge in [0.2, 0.25) is 0 Å². The Morgan fingerprint density at radius 2 is 1.46 bits per heavy atom. The Balaban J connectivity index is 4.37. The molecule has 0 saturated carbocycles. The van der Waals surface area contributed by atoms with E-state index in [1.54, 1.807) is 0 Å². The van der Waals surface area contributed by atoms with E-state index in [0.717, 1.165) is 0 Å². The van der Waals surface area contributed by atoms with Gasteiger partial charge in [-0.3, -0.25) is 4.99 Å². The molecule has 0 aromatic heterocycles. The quantitative estimate of drug-likeness (QED) is 0.545. The third kappa shape index (κ3) is 6.56. The maximum Gasteiger partial charge on any atom is 0.0524 e. The molecular formula is C12H23N. The minimum Gasteiger partial charge on any atom is -0.287 e. The predicted octanol–water partition coefficient (Wildman–Crippen LogP) is 3.85. The lowest BCUT2D eigenvalue weighted by atomic mass is 9.87. The van der Waals surface area contributed by atoms with Gasteiger partial charge in [-0.2, -0.15) is 0 Å². The van der Waals surface area contributed by atoms with Crippen LogP contribution in [0.15, 0.2) is 16.6 Å². The second-order valence-electron chi connectivity index (χ2n) is 5.55. The van der Waals surface area contributed by atoms with Gasteiger partial charge in [0.1, 0.15) is 0 Å². The van der Waals surface area contributed by atoms with Crippen LogP contribution < -0.4 is 0 Å². The lowest BCUT2D eigenvalue weighted by Gasteiger charge is -2.19. The van der Waals surface area contributed by atoms with Crippen molar-refractivity contribution in [3.8, 4) is 0 Å². The van der Waals surface area contributed by atoms with Crippen molar-refractivity contribution in [1.82, 2.24) is 0 Å². The molecule has 0 radical (unpaired) electrons. The third-order valence-electron chi connectivity index (χ3n) is 1.97. The smallest absolute Gasteiger partial charge is 0.0524 e. The van der Waals surface area contributed by atoms with Crippen LogP contribution in [0.1, 0.15) is 48.5 Å². The number of hydrogen-bond donors (Lipinski definition) is 0. The standard InChI is InChI=1S/C12H23N/c1-10(11(2,3)4)8-9-13-12(5,6)7/h8-9H,1-7H3/b10-8-,13-9?. The predicted molar refractivity (Wildman–Crippen MR) is 61.5 cm³/mol. The van der Waals surface area contributed by atoms with E-state index < -0.39 is 0 Å².